The van der Waals surface area contributed by atoms with Crippen molar-refractivity contribution in [1.29, 1.82) is 0 Å². The van der Waals surface area contributed by atoms with E-state index < -0.39 is 83.1 Å². The summed E-state index contributed by atoms with van der Waals surface area (Å²) in [6, 6.07) is -0.996. The van der Waals surface area contributed by atoms with Crippen molar-refractivity contribution in [3.05, 3.63) is 29.2 Å². The van der Waals surface area contributed by atoms with Crippen molar-refractivity contribution in [2.75, 3.05) is 24.7 Å². The predicted octanol–water partition coefficient (Wildman–Crippen LogP) is -1.68. The molecule has 0 amide bonds. The Balaban J connectivity index is 1.21. The van der Waals surface area contributed by atoms with Crippen LogP contribution in [0.5, 0.6) is 0 Å². The molecule has 9 N–H and O–H groups in total. The van der Waals surface area contributed by atoms with Gasteiger partial charge in [-0.3, -0.25) is 32.4 Å². The molecule has 0 spiro atoms. The third-order valence-electron chi connectivity index (χ3n) is 7.83. The molecule has 0 aromatic carbocycles. The highest BCUT2D eigenvalue weighted by molar-refractivity contribution is 7.47. The first kappa shape index (κ1) is 30.3. The Morgan fingerprint density at radius 2 is 1.62 bits per heavy atom. The lowest BCUT2D eigenvalue weighted by Gasteiger charge is -2.26. The number of nitrogens with zero attached hydrogens (tertiary/aromatic N) is 7. The van der Waals surface area contributed by atoms with Crippen LogP contribution in [0, 0.1) is 5.92 Å². The number of fused-ring (bicyclic) bond motifs is 5. The second-order valence-corrected chi connectivity index (χ2v) is 13.5. The molecule has 22 nitrogen and oxygen atoms in total. The monoisotopic (exact) mass is 672 g/mol. The van der Waals surface area contributed by atoms with E-state index in [9.17, 15) is 33.9 Å². The van der Waals surface area contributed by atoms with Gasteiger partial charge in [-0.25, -0.2) is 24.1 Å². The van der Waals surface area contributed by atoms with E-state index in [1.54, 1.807) is 0 Å². The van der Waals surface area contributed by atoms with Crippen LogP contribution in [0.3, 0.4) is 0 Å². The van der Waals surface area contributed by atoms with Crippen LogP contribution in [0.15, 0.2) is 23.6 Å². The number of ether oxygens (including phenoxy) is 1. The van der Waals surface area contributed by atoms with Gasteiger partial charge in [0.2, 0.25) is 11.9 Å². The quantitative estimate of drug-likeness (QED) is 0.117. The maximum Gasteiger partial charge on any atom is 0.472 e. The largest absolute Gasteiger partial charge is 0.472 e. The molecule has 2 bridgehead atoms. The molecule has 2 saturated heterocycles. The van der Waals surface area contributed by atoms with E-state index in [1.165, 1.54) is 28.0 Å². The summed E-state index contributed by atoms with van der Waals surface area (Å²) in [7, 11) is -10.0. The molecule has 1 saturated carbocycles. The molecule has 242 valence electrons. The Kier molecular flexibility index (Phi) is 7.30. The van der Waals surface area contributed by atoms with Gasteiger partial charge in [0, 0.05) is 5.92 Å². The maximum absolute atomic E-state index is 13.2. The van der Waals surface area contributed by atoms with Crippen LogP contribution in [0.25, 0.3) is 22.3 Å². The zero-order chi connectivity index (χ0) is 31.8. The highest BCUT2D eigenvalue weighted by atomic mass is 31.2. The minimum Gasteiger partial charge on any atom is -0.390 e. The normalized spacial score (nSPS) is 37.7. The summed E-state index contributed by atoms with van der Waals surface area (Å²) in [4.78, 5) is 56.2. The third kappa shape index (κ3) is 5.42. The topological polar surface area (TPSA) is 320 Å². The van der Waals surface area contributed by atoms with Gasteiger partial charge in [0.1, 0.15) is 29.9 Å². The van der Waals surface area contributed by atoms with E-state index in [1.807, 2.05) is 0 Å². The molecular formula is C21H26N10O12P2. The summed E-state index contributed by atoms with van der Waals surface area (Å²) < 4.78 is 56.0. The smallest absolute Gasteiger partial charge is 0.390 e. The molecule has 6 heterocycles. The highest BCUT2D eigenvalue weighted by Crippen LogP contribution is 2.55. The predicted molar refractivity (Wildman–Crippen MR) is 147 cm³/mol. The number of anilines is 2. The van der Waals surface area contributed by atoms with E-state index in [0.29, 0.717) is 5.52 Å². The van der Waals surface area contributed by atoms with Crippen molar-refractivity contribution in [1.82, 2.24) is 39.0 Å². The van der Waals surface area contributed by atoms with Crippen LogP contribution in [0.4, 0.5) is 11.9 Å². The SMILES string of the molecule is Nc1ncc2ncn([C@@H]3O[C@@H]4COP(=O)(O)O[C@H]5C(O)[C@@H](COP(=O)(O)OC4[C@@H]3O)C[C@H]5n3cnc4c(=O)[nH]c(N)nc43)c2n1. The molecule has 10 atom stereocenters. The number of aliphatic hydroxyl groups excluding tert-OH is 2. The van der Waals surface area contributed by atoms with E-state index in [0.717, 1.165) is 0 Å². The first-order valence-corrected chi connectivity index (χ1v) is 16.3. The van der Waals surface area contributed by atoms with Gasteiger partial charge in [-0.2, -0.15) is 9.97 Å². The van der Waals surface area contributed by atoms with Crippen molar-refractivity contribution in [3.63, 3.8) is 0 Å². The van der Waals surface area contributed by atoms with Crippen LogP contribution >= 0.6 is 15.6 Å². The third-order valence-corrected chi connectivity index (χ3v) is 9.80. The van der Waals surface area contributed by atoms with Gasteiger partial charge < -0.3 is 40.8 Å². The number of nitrogen functional groups attached to an aromatic ring is 2. The number of nitrogens with one attached hydrogen (secondary N) is 1. The summed E-state index contributed by atoms with van der Waals surface area (Å²) in [5, 5.41) is 22.3. The van der Waals surface area contributed by atoms with Crippen LogP contribution < -0.4 is 17.0 Å². The fourth-order valence-electron chi connectivity index (χ4n) is 5.80. The van der Waals surface area contributed by atoms with Crippen LogP contribution in [0.2, 0.25) is 0 Å². The molecule has 4 aromatic heterocycles. The molecule has 45 heavy (non-hydrogen) atoms. The van der Waals surface area contributed by atoms with Crippen LogP contribution in [-0.2, 0) is 32.0 Å². The molecule has 24 heteroatoms. The van der Waals surface area contributed by atoms with Gasteiger partial charge in [-0.05, 0) is 6.42 Å². The Bertz CT molecular complexity index is 1940. The molecule has 4 aromatic rings. The van der Waals surface area contributed by atoms with Crippen molar-refractivity contribution < 1.29 is 52.0 Å². The summed E-state index contributed by atoms with van der Waals surface area (Å²) in [6.07, 6.45) is -5.38. The van der Waals surface area contributed by atoms with E-state index in [4.69, 9.17) is 34.3 Å². The molecule has 4 unspecified atom stereocenters. The Labute approximate surface area is 250 Å². The van der Waals surface area contributed by atoms with Gasteiger partial charge in [-0.15, -0.1) is 0 Å². The lowest BCUT2D eigenvalue weighted by Crippen LogP contribution is -2.36. The van der Waals surface area contributed by atoms with Crippen molar-refractivity contribution in [3.8, 4) is 0 Å². The number of nitrogens with two attached hydrogens (primary N) is 2. The second-order valence-electron chi connectivity index (χ2n) is 10.6. The fraction of sp³-hybridized carbons (Fsp3) is 0.524. The number of aliphatic hydroxyl groups is 2. The number of hydrogen-bond donors (Lipinski definition) is 7. The Morgan fingerprint density at radius 1 is 0.911 bits per heavy atom. The van der Waals surface area contributed by atoms with Crippen molar-refractivity contribution in [2.24, 2.45) is 5.92 Å². The number of phosphoric ester groups is 2. The number of hydrogen-bond acceptors (Lipinski definition) is 17. The number of aromatic nitrogens is 8. The Morgan fingerprint density at radius 3 is 2.40 bits per heavy atom. The lowest BCUT2D eigenvalue weighted by molar-refractivity contribution is -0.0552. The zero-order valence-corrected chi connectivity index (χ0v) is 24.5. The zero-order valence-electron chi connectivity index (χ0n) is 22.7. The summed E-state index contributed by atoms with van der Waals surface area (Å²) in [6.45, 7) is -1.39. The number of aromatic amines is 1. The Hall–Kier alpha value is -3.40. The number of imidazole rings is 2. The maximum atomic E-state index is 13.2. The first-order chi connectivity index (χ1) is 21.3. The van der Waals surface area contributed by atoms with Gasteiger partial charge >= 0.3 is 15.6 Å². The minimum absolute atomic E-state index is 0.00383. The van der Waals surface area contributed by atoms with E-state index >= 15 is 0 Å². The fourth-order valence-corrected chi connectivity index (χ4v) is 7.78. The van der Waals surface area contributed by atoms with E-state index in [2.05, 4.69) is 29.9 Å². The average Bonchev–Trinajstić information content (AvgIpc) is 3.72. The highest BCUT2D eigenvalue weighted by Gasteiger charge is 2.53. The molecule has 1 aliphatic carbocycles. The minimum atomic E-state index is -5.03. The molecule has 3 fully saturated rings. The van der Waals surface area contributed by atoms with E-state index in [-0.39, 0.29) is 35.1 Å². The standard InChI is InChI=1S/C21H26N10O12P2/c22-20-24-2-8-16(27-20)31(5-25-8)19-13(33)15-10(41-19)4-40-45(37,38)42-14-9(1-7(12(14)32)3-39-44(35,36)43-15)30-6-26-11-17(30)28-21(23)29-18(11)34/h2,5-7,9-10,12-15,19,32-33H,1,3-4H2,(H,35,36)(H,37,38)(H2,22,24,27)(H3,23,28,29,34)/t7-,9-,10-,12?,13+,14-,15?,19-/m1/s1. The van der Waals surface area contributed by atoms with Crippen molar-refractivity contribution in [2.45, 2.75) is 49.2 Å². The van der Waals surface area contributed by atoms with Crippen molar-refractivity contribution >= 4 is 49.9 Å². The molecule has 3 aliphatic rings. The van der Waals surface area contributed by atoms with Gasteiger partial charge in [-0.1, -0.05) is 0 Å². The molecule has 7 rings (SSSR count). The molecule has 2 aliphatic heterocycles. The summed E-state index contributed by atoms with van der Waals surface area (Å²) in [5.74, 6) is -1.30. The number of phosphoric acid groups is 2. The van der Waals surface area contributed by atoms with Gasteiger partial charge in [0.15, 0.2) is 23.0 Å². The van der Waals surface area contributed by atoms with Gasteiger partial charge in [0.25, 0.3) is 5.56 Å². The molecule has 0 radical (unpaired) electrons. The van der Waals surface area contributed by atoms with Crippen LogP contribution in [0.1, 0.15) is 18.7 Å². The number of H-pyrrole nitrogens is 1. The summed E-state index contributed by atoms with van der Waals surface area (Å²) in [5.41, 5.74) is 11.1. The number of rotatable bonds is 2. The van der Waals surface area contributed by atoms with Crippen LogP contribution in [-0.4, -0.2) is 103 Å². The first-order valence-electron chi connectivity index (χ1n) is 13.3. The molecular weight excluding hydrogens is 646 g/mol. The second kappa shape index (κ2) is 10.9. The van der Waals surface area contributed by atoms with Gasteiger partial charge in [0.05, 0.1) is 44.2 Å². The summed E-state index contributed by atoms with van der Waals surface area (Å²) >= 11 is 0. The lowest BCUT2D eigenvalue weighted by atomic mass is 10.1. The average molecular weight is 672 g/mol.